The van der Waals surface area contributed by atoms with Gasteiger partial charge in [-0.15, -0.1) is 10.2 Å². The number of aryl methyl sites for hydroxylation is 1. The van der Waals surface area contributed by atoms with Gasteiger partial charge in [0.05, 0.1) is 25.3 Å². The molecule has 3 rings (SSSR count). The number of aliphatic hydroxyl groups is 1. The summed E-state index contributed by atoms with van der Waals surface area (Å²) in [6.45, 7) is 6.28. The lowest BCUT2D eigenvalue weighted by molar-refractivity contribution is -0.129. The molecule has 0 aliphatic heterocycles. The van der Waals surface area contributed by atoms with Crippen LogP contribution in [-0.2, 0) is 4.79 Å². The highest BCUT2D eigenvalue weighted by atomic mass is 32.1. The zero-order valence-corrected chi connectivity index (χ0v) is 20.3. The molecular weight excluding hydrogens is 430 g/mol. The first-order valence-electron chi connectivity index (χ1n) is 10.6. The zero-order valence-electron chi connectivity index (χ0n) is 19.3. The Bertz CT molecular complexity index is 1070. The normalized spacial score (nSPS) is 12.1. The van der Waals surface area contributed by atoms with Gasteiger partial charge in [0.25, 0.3) is 0 Å². The van der Waals surface area contributed by atoms with Crippen LogP contribution < -0.4 is 14.8 Å². The van der Waals surface area contributed by atoms with E-state index in [1.54, 1.807) is 14.2 Å². The number of anilines is 1. The Kier molecular flexibility index (Phi) is 9.09. The number of methoxy groups -OCH3 is 2. The summed E-state index contributed by atoms with van der Waals surface area (Å²) in [5.74, 6) is 2.49. The van der Waals surface area contributed by atoms with Crippen molar-refractivity contribution >= 4 is 41.8 Å². The summed E-state index contributed by atoms with van der Waals surface area (Å²) in [4.78, 5) is 16.6. The third kappa shape index (κ3) is 5.42. The number of carbonyl (C=O) groups excluding carboxylic acids is 1. The summed E-state index contributed by atoms with van der Waals surface area (Å²) in [6.07, 6.45) is 2.05. The predicted molar refractivity (Wildman–Crippen MR) is 129 cm³/mol. The molecule has 32 heavy (non-hydrogen) atoms. The SMILES string of the molecule is COc1cc2nc(NCCCCCC(=O)[C@@H](O)C(C)C)c3nnc(C)n3c2cc1OC.S. The Hall–Kier alpha value is -2.59. The fourth-order valence-corrected chi connectivity index (χ4v) is 3.55. The lowest BCUT2D eigenvalue weighted by Crippen LogP contribution is -2.25. The average Bonchev–Trinajstić information content (AvgIpc) is 3.16. The Balaban J connectivity index is 0.00000363. The topological polar surface area (TPSA) is 111 Å². The van der Waals surface area contributed by atoms with Gasteiger partial charge in [-0.05, 0) is 25.7 Å². The van der Waals surface area contributed by atoms with Gasteiger partial charge in [-0.25, -0.2) is 4.98 Å². The molecule has 1 aromatic carbocycles. The van der Waals surface area contributed by atoms with Gasteiger partial charge >= 0.3 is 0 Å². The average molecular weight is 464 g/mol. The van der Waals surface area contributed by atoms with Crippen molar-refractivity contribution in [1.82, 2.24) is 19.6 Å². The summed E-state index contributed by atoms with van der Waals surface area (Å²) in [6, 6.07) is 3.71. The van der Waals surface area contributed by atoms with Crippen LogP contribution in [0.3, 0.4) is 0 Å². The minimum absolute atomic E-state index is 0. The molecule has 0 bridgehead atoms. The molecule has 176 valence electrons. The van der Waals surface area contributed by atoms with Gasteiger partial charge in [-0.1, -0.05) is 20.3 Å². The van der Waals surface area contributed by atoms with Gasteiger partial charge in [-0.3, -0.25) is 9.20 Å². The van der Waals surface area contributed by atoms with E-state index >= 15 is 0 Å². The lowest BCUT2D eigenvalue weighted by Gasteiger charge is -2.13. The number of hydrogen-bond acceptors (Lipinski definition) is 8. The largest absolute Gasteiger partial charge is 0.493 e. The van der Waals surface area contributed by atoms with E-state index in [1.165, 1.54) is 0 Å². The molecule has 2 aromatic heterocycles. The maximum absolute atomic E-state index is 11.9. The number of benzene rings is 1. The van der Waals surface area contributed by atoms with Gasteiger partial charge in [-0.2, -0.15) is 13.5 Å². The van der Waals surface area contributed by atoms with Crippen LogP contribution in [0.5, 0.6) is 11.5 Å². The van der Waals surface area contributed by atoms with Crippen LogP contribution in [-0.4, -0.2) is 57.3 Å². The highest BCUT2D eigenvalue weighted by Gasteiger charge is 2.18. The molecule has 10 heteroatoms. The van der Waals surface area contributed by atoms with Crippen LogP contribution in [0, 0.1) is 12.8 Å². The second-order valence-electron chi connectivity index (χ2n) is 7.96. The zero-order chi connectivity index (χ0) is 22.5. The quantitative estimate of drug-likeness (QED) is 0.417. The number of aliphatic hydroxyl groups excluding tert-OH is 1. The number of nitrogens with one attached hydrogen (secondary N) is 1. The summed E-state index contributed by atoms with van der Waals surface area (Å²) >= 11 is 0. The Morgan fingerprint density at radius 1 is 1.12 bits per heavy atom. The van der Waals surface area contributed by atoms with Crippen LogP contribution in [0.25, 0.3) is 16.7 Å². The Morgan fingerprint density at radius 2 is 1.81 bits per heavy atom. The van der Waals surface area contributed by atoms with Gasteiger partial charge < -0.3 is 19.9 Å². The second kappa shape index (κ2) is 11.3. The predicted octanol–water partition coefficient (Wildman–Crippen LogP) is 3.27. The van der Waals surface area contributed by atoms with Crippen molar-refractivity contribution in [2.45, 2.75) is 52.6 Å². The first kappa shape index (κ1) is 25.7. The van der Waals surface area contributed by atoms with E-state index in [0.717, 1.165) is 36.1 Å². The molecule has 0 unspecified atom stereocenters. The van der Waals surface area contributed by atoms with Gasteiger partial charge in [0.1, 0.15) is 11.9 Å². The Labute approximate surface area is 195 Å². The van der Waals surface area contributed by atoms with Crippen molar-refractivity contribution in [3.05, 3.63) is 18.0 Å². The van der Waals surface area contributed by atoms with E-state index in [9.17, 15) is 9.90 Å². The summed E-state index contributed by atoms with van der Waals surface area (Å²) in [7, 11) is 3.19. The number of Topliss-reactive ketones (excluding diaryl/α,β-unsaturated/α-hetero) is 1. The van der Waals surface area contributed by atoms with Crippen LogP contribution in [0.2, 0.25) is 0 Å². The molecule has 2 heterocycles. The molecule has 1 atom stereocenters. The number of ketones is 1. The highest BCUT2D eigenvalue weighted by Crippen LogP contribution is 2.33. The number of ether oxygens (including phenoxy) is 2. The third-order valence-electron chi connectivity index (χ3n) is 5.34. The molecule has 0 saturated heterocycles. The van der Waals surface area contributed by atoms with Crippen molar-refractivity contribution in [2.75, 3.05) is 26.1 Å². The number of unbranched alkanes of at least 4 members (excludes halogenated alkanes) is 2. The summed E-state index contributed by atoms with van der Waals surface area (Å²) in [5, 5.41) is 21.6. The molecule has 0 aliphatic carbocycles. The van der Waals surface area contributed by atoms with E-state index in [1.807, 2.05) is 37.3 Å². The maximum atomic E-state index is 11.9. The van der Waals surface area contributed by atoms with Crippen molar-refractivity contribution in [2.24, 2.45) is 5.92 Å². The molecule has 0 aliphatic rings. The number of hydrogen-bond donors (Lipinski definition) is 2. The van der Waals surface area contributed by atoms with E-state index < -0.39 is 6.10 Å². The number of aromatic nitrogens is 4. The smallest absolute Gasteiger partial charge is 0.204 e. The minimum atomic E-state index is -0.861. The van der Waals surface area contributed by atoms with Crippen LogP contribution in [0.15, 0.2) is 12.1 Å². The second-order valence-corrected chi connectivity index (χ2v) is 7.96. The first-order valence-corrected chi connectivity index (χ1v) is 10.6. The van der Waals surface area contributed by atoms with E-state index in [0.29, 0.717) is 35.9 Å². The van der Waals surface area contributed by atoms with Crippen LogP contribution in [0.1, 0.15) is 45.4 Å². The number of rotatable bonds is 11. The van der Waals surface area contributed by atoms with E-state index in [4.69, 9.17) is 14.5 Å². The molecule has 9 nitrogen and oxygen atoms in total. The van der Waals surface area contributed by atoms with Crippen LogP contribution in [0.4, 0.5) is 5.82 Å². The molecule has 3 aromatic rings. The first-order chi connectivity index (χ1) is 14.9. The number of carbonyl (C=O) groups is 1. The minimum Gasteiger partial charge on any atom is -0.493 e. The maximum Gasteiger partial charge on any atom is 0.204 e. The van der Waals surface area contributed by atoms with Crippen LogP contribution >= 0.6 is 13.5 Å². The standard InChI is InChI=1S/C22H31N5O4.H2S/c1-13(2)20(29)17(28)9-7-6-8-10-23-21-22-26-25-14(3)27(22)16-12-19(31-5)18(30-4)11-15(16)24-21;/h11-13,20,29H,6-10H2,1-5H3,(H,23,24);1H2/t20-;/m0./s1. The Morgan fingerprint density at radius 3 is 2.47 bits per heavy atom. The number of nitrogens with zero attached hydrogens (tertiary/aromatic N) is 4. The van der Waals surface area contributed by atoms with Gasteiger partial charge in [0.2, 0.25) is 5.65 Å². The molecule has 0 saturated carbocycles. The van der Waals surface area contributed by atoms with Crippen molar-refractivity contribution in [3.63, 3.8) is 0 Å². The fraction of sp³-hybridized carbons (Fsp3) is 0.545. The van der Waals surface area contributed by atoms with E-state index in [-0.39, 0.29) is 25.2 Å². The van der Waals surface area contributed by atoms with Crippen molar-refractivity contribution < 1.29 is 19.4 Å². The molecule has 0 fully saturated rings. The van der Waals surface area contributed by atoms with Gasteiger partial charge in [0.15, 0.2) is 23.1 Å². The third-order valence-corrected chi connectivity index (χ3v) is 5.34. The van der Waals surface area contributed by atoms with Gasteiger partial charge in [0, 0.05) is 25.1 Å². The monoisotopic (exact) mass is 463 g/mol. The fourth-order valence-electron chi connectivity index (χ4n) is 3.55. The highest BCUT2D eigenvalue weighted by molar-refractivity contribution is 7.59. The molecule has 0 amide bonds. The van der Waals surface area contributed by atoms with E-state index in [2.05, 4.69) is 15.5 Å². The summed E-state index contributed by atoms with van der Waals surface area (Å²) < 4.78 is 12.8. The lowest BCUT2D eigenvalue weighted by atomic mass is 9.99. The molecule has 2 N–H and O–H groups in total. The molecule has 0 radical (unpaired) electrons. The molecular formula is C22H33N5O4S. The van der Waals surface area contributed by atoms with Crippen molar-refractivity contribution in [3.8, 4) is 11.5 Å². The summed E-state index contributed by atoms with van der Waals surface area (Å²) in [5.41, 5.74) is 2.22. The molecule has 0 spiro atoms. The number of fused-ring (bicyclic) bond motifs is 3. The van der Waals surface area contributed by atoms with Crippen molar-refractivity contribution in [1.29, 1.82) is 0 Å².